The second kappa shape index (κ2) is 10.2. The van der Waals surface area contributed by atoms with Crippen LogP contribution in [0, 0.1) is 13.8 Å². The molecular formula is C23H21Cl2N3O3S. The first kappa shape index (κ1) is 23.8. The topological polar surface area (TPSA) is 78.8 Å². The van der Waals surface area contributed by atoms with Gasteiger partial charge in [-0.15, -0.1) is 0 Å². The minimum atomic E-state index is -4.00. The van der Waals surface area contributed by atoms with E-state index in [0.717, 1.165) is 9.87 Å². The van der Waals surface area contributed by atoms with Crippen LogP contribution in [-0.2, 0) is 14.8 Å². The molecule has 3 aromatic carbocycles. The van der Waals surface area contributed by atoms with Gasteiger partial charge >= 0.3 is 0 Å². The van der Waals surface area contributed by atoms with Crippen LogP contribution in [0.25, 0.3) is 0 Å². The summed E-state index contributed by atoms with van der Waals surface area (Å²) >= 11 is 12.2. The lowest BCUT2D eigenvalue weighted by Crippen LogP contribution is -2.40. The zero-order valence-corrected chi connectivity index (χ0v) is 19.7. The van der Waals surface area contributed by atoms with Gasteiger partial charge < -0.3 is 0 Å². The monoisotopic (exact) mass is 489 g/mol. The van der Waals surface area contributed by atoms with Gasteiger partial charge in [-0.3, -0.25) is 9.10 Å². The van der Waals surface area contributed by atoms with E-state index in [4.69, 9.17) is 23.2 Å². The fourth-order valence-electron chi connectivity index (χ4n) is 2.98. The molecule has 0 saturated heterocycles. The third-order valence-electron chi connectivity index (χ3n) is 4.63. The van der Waals surface area contributed by atoms with Crippen LogP contribution in [0.1, 0.15) is 16.7 Å². The van der Waals surface area contributed by atoms with Crippen molar-refractivity contribution in [2.45, 2.75) is 18.7 Å². The van der Waals surface area contributed by atoms with Crippen LogP contribution in [0.15, 0.2) is 76.7 Å². The van der Waals surface area contributed by atoms with E-state index in [9.17, 15) is 13.2 Å². The number of amides is 1. The van der Waals surface area contributed by atoms with Gasteiger partial charge in [-0.2, -0.15) is 5.10 Å². The van der Waals surface area contributed by atoms with E-state index in [-0.39, 0.29) is 4.90 Å². The predicted octanol–water partition coefficient (Wildman–Crippen LogP) is 4.96. The number of aryl methyl sites for hydroxylation is 2. The summed E-state index contributed by atoms with van der Waals surface area (Å²) in [5, 5.41) is 4.64. The third-order valence-corrected chi connectivity index (χ3v) is 7.07. The predicted molar refractivity (Wildman–Crippen MR) is 129 cm³/mol. The molecule has 0 unspecified atom stereocenters. The first-order valence-corrected chi connectivity index (χ1v) is 11.8. The van der Waals surface area contributed by atoms with E-state index in [1.807, 2.05) is 19.1 Å². The van der Waals surface area contributed by atoms with Crippen molar-refractivity contribution in [1.82, 2.24) is 5.43 Å². The maximum Gasteiger partial charge on any atom is 0.264 e. The minimum Gasteiger partial charge on any atom is -0.271 e. The van der Waals surface area contributed by atoms with E-state index in [0.29, 0.717) is 26.9 Å². The fourth-order valence-corrected chi connectivity index (χ4v) is 4.97. The number of rotatable bonds is 7. The summed E-state index contributed by atoms with van der Waals surface area (Å²) in [6.45, 7) is 3.18. The number of hydrazone groups is 1. The Hall–Kier alpha value is -2.87. The highest BCUT2D eigenvalue weighted by Crippen LogP contribution is 2.28. The van der Waals surface area contributed by atoms with Crippen LogP contribution >= 0.6 is 23.2 Å². The van der Waals surface area contributed by atoms with Crippen molar-refractivity contribution in [3.8, 4) is 0 Å². The summed E-state index contributed by atoms with van der Waals surface area (Å²) < 4.78 is 27.9. The molecular weight excluding hydrogens is 469 g/mol. The van der Waals surface area contributed by atoms with Gasteiger partial charge in [0.2, 0.25) is 0 Å². The van der Waals surface area contributed by atoms with Crippen molar-refractivity contribution in [1.29, 1.82) is 0 Å². The summed E-state index contributed by atoms with van der Waals surface area (Å²) in [7, 11) is -4.00. The molecule has 0 heterocycles. The van der Waals surface area contributed by atoms with Crippen molar-refractivity contribution in [2.24, 2.45) is 5.10 Å². The average molecular weight is 490 g/mol. The molecule has 0 aliphatic rings. The summed E-state index contributed by atoms with van der Waals surface area (Å²) in [6, 6.07) is 18.4. The molecule has 0 spiro atoms. The maximum absolute atomic E-state index is 13.4. The third kappa shape index (κ3) is 5.48. The summed E-state index contributed by atoms with van der Waals surface area (Å²) in [5.74, 6) is -0.621. The van der Waals surface area contributed by atoms with Crippen molar-refractivity contribution in [3.63, 3.8) is 0 Å². The number of sulfonamides is 1. The first-order valence-electron chi connectivity index (χ1n) is 9.61. The Labute approximate surface area is 197 Å². The lowest BCUT2D eigenvalue weighted by molar-refractivity contribution is -0.119. The summed E-state index contributed by atoms with van der Waals surface area (Å²) in [5.41, 5.74) is 4.80. The number of benzene rings is 3. The second-order valence-electron chi connectivity index (χ2n) is 7.04. The molecule has 1 N–H and O–H groups in total. The number of nitrogens with zero attached hydrogens (tertiary/aromatic N) is 2. The number of halogens is 2. The lowest BCUT2D eigenvalue weighted by atomic mass is 10.1. The van der Waals surface area contributed by atoms with Crippen molar-refractivity contribution in [2.75, 3.05) is 10.8 Å². The molecule has 1 amide bonds. The molecule has 32 heavy (non-hydrogen) atoms. The highest BCUT2D eigenvalue weighted by molar-refractivity contribution is 7.92. The molecule has 0 radical (unpaired) electrons. The van der Waals surface area contributed by atoms with Crippen LogP contribution in [-0.4, -0.2) is 27.1 Å². The van der Waals surface area contributed by atoms with Gasteiger partial charge in [-0.25, -0.2) is 13.8 Å². The van der Waals surface area contributed by atoms with Crippen LogP contribution in [0.5, 0.6) is 0 Å². The van der Waals surface area contributed by atoms with Crippen LogP contribution in [0.2, 0.25) is 10.0 Å². The molecule has 3 rings (SSSR count). The maximum atomic E-state index is 13.4. The molecule has 0 saturated carbocycles. The van der Waals surface area contributed by atoms with E-state index >= 15 is 0 Å². The van der Waals surface area contributed by atoms with Crippen LogP contribution in [0.3, 0.4) is 0 Å². The van der Waals surface area contributed by atoms with Crippen molar-refractivity contribution >= 4 is 51.0 Å². The summed E-state index contributed by atoms with van der Waals surface area (Å²) in [6.07, 6.45) is 1.32. The molecule has 0 aliphatic heterocycles. The molecule has 166 valence electrons. The van der Waals surface area contributed by atoms with E-state index < -0.39 is 22.5 Å². The quantitative estimate of drug-likeness (QED) is 0.376. The SMILES string of the molecule is Cc1ccc(C)c(N(CC(=O)N/N=C\c2c(Cl)cccc2Cl)S(=O)(=O)c2ccccc2)c1. The molecule has 0 fully saturated rings. The van der Waals surface area contributed by atoms with Gasteiger partial charge in [0, 0.05) is 5.56 Å². The Morgan fingerprint density at radius 1 is 1.00 bits per heavy atom. The Bertz CT molecular complexity index is 1240. The van der Waals surface area contributed by atoms with Gasteiger partial charge in [-0.1, -0.05) is 59.6 Å². The highest BCUT2D eigenvalue weighted by Gasteiger charge is 2.28. The Kier molecular flexibility index (Phi) is 7.56. The molecule has 0 bridgehead atoms. The van der Waals surface area contributed by atoms with E-state index in [1.165, 1.54) is 18.3 Å². The highest BCUT2D eigenvalue weighted by atomic mass is 35.5. The first-order chi connectivity index (χ1) is 15.2. The smallest absolute Gasteiger partial charge is 0.264 e. The number of carbonyl (C=O) groups is 1. The van der Waals surface area contributed by atoms with Gasteiger partial charge in [-0.05, 0) is 55.3 Å². The largest absolute Gasteiger partial charge is 0.271 e. The van der Waals surface area contributed by atoms with Crippen LogP contribution < -0.4 is 9.73 Å². The normalized spacial score (nSPS) is 11.5. The number of carbonyl (C=O) groups excluding carboxylic acids is 1. The number of hydrogen-bond acceptors (Lipinski definition) is 4. The molecule has 6 nitrogen and oxygen atoms in total. The molecule has 3 aromatic rings. The van der Waals surface area contributed by atoms with Crippen LogP contribution in [0.4, 0.5) is 5.69 Å². The average Bonchev–Trinajstić information content (AvgIpc) is 2.76. The van der Waals surface area contributed by atoms with E-state index in [2.05, 4.69) is 10.5 Å². The standard InChI is InChI=1S/C23H21Cl2N3O3S/c1-16-11-12-17(2)22(13-16)28(32(30,31)18-7-4-3-5-8-18)15-23(29)27-26-14-19-20(24)9-6-10-21(19)25/h3-14H,15H2,1-2H3,(H,27,29)/b26-14-. The van der Waals surface area contributed by atoms with Crippen molar-refractivity contribution in [3.05, 3.63) is 93.5 Å². The lowest BCUT2D eigenvalue weighted by Gasteiger charge is -2.25. The van der Waals surface area contributed by atoms with E-state index in [1.54, 1.807) is 49.4 Å². The number of hydrogen-bond donors (Lipinski definition) is 1. The second-order valence-corrected chi connectivity index (χ2v) is 9.72. The summed E-state index contributed by atoms with van der Waals surface area (Å²) in [4.78, 5) is 12.7. The van der Waals surface area contributed by atoms with Gasteiger partial charge in [0.25, 0.3) is 15.9 Å². The zero-order valence-electron chi connectivity index (χ0n) is 17.4. The number of nitrogens with one attached hydrogen (secondary N) is 1. The molecule has 0 aliphatic carbocycles. The molecule has 9 heteroatoms. The number of anilines is 1. The Morgan fingerprint density at radius 2 is 1.66 bits per heavy atom. The van der Waals surface area contributed by atoms with Gasteiger partial charge in [0.05, 0.1) is 26.8 Å². The fraction of sp³-hybridized carbons (Fsp3) is 0.130. The minimum absolute atomic E-state index is 0.0834. The van der Waals surface area contributed by atoms with Gasteiger partial charge in [0.15, 0.2) is 0 Å². The zero-order chi connectivity index (χ0) is 23.3. The molecule has 0 atom stereocenters. The Balaban J connectivity index is 1.90. The Morgan fingerprint density at radius 3 is 2.31 bits per heavy atom. The molecule has 0 aromatic heterocycles. The van der Waals surface area contributed by atoms with Gasteiger partial charge in [0.1, 0.15) is 6.54 Å². The van der Waals surface area contributed by atoms with Crippen molar-refractivity contribution < 1.29 is 13.2 Å².